The lowest BCUT2D eigenvalue weighted by molar-refractivity contribution is -0.129. The third-order valence-corrected chi connectivity index (χ3v) is 9.91. The number of nitrogens with zero attached hydrogens (tertiary/aromatic N) is 4. The molecule has 0 bridgehead atoms. The molecule has 3 atom stereocenters. The van der Waals surface area contributed by atoms with Crippen molar-refractivity contribution in [1.82, 2.24) is 20.5 Å². The fraction of sp³-hybridized carbons (Fsp3) is 0.629. The van der Waals surface area contributed by atoms with Gasteiger partial charge in [0.1, 0.15) is 5.82 Å². The first-order valence-electron chi connectivity index (χ1n) is 16.8. The van der Waals surface area contributed by atoms with Crippen LogP contribution in [0.3, 0.4) is 0 Å². The molecule has 0 spiro atoms. The maximum Gasteiger partial charge on any atom is 0.251 e. The van der Waals surface area contributed by atoms with Crippen LogP contribution in [-0.2, 0) is 9.53 Å². The molecule has 2 N–H and O–H groups in total. The van der Waals surface area contributed by atoms with E-state index >= 15 is 0 Å². The summed E-state index contributed by atoms with van der Waals surface area (Å²) in [7, 11) is 2.16. The summed E-state index contributed by atoms with van der Waals surface area (Å²) in [6.07, 6.45) is 6.84. The number of amides is 2. The number of ether oxygens (including phenoxy) is 1. The summed E-state index contributed by atoms with van der Waals surface area (Å²) < 4.78 is 5.68. The van der Waals surface area contributed by atoms with E-state index in [9.17, 15) is 9.59 Å². The molecule has 9 nitrogen and oxygen atoms in total. The Morgan fingerprint density at radius 1 is 1.11 bits per heavy atom. The van der Waals surface area contributed by atoms with E-state index in [0.29, 0.717) is 18.2 Å². The van der Waals surface area contributed by atoms with Gasteiger partial charge in [-0.2, -0.15) is 0 Å². The van der Waals surface area contributed by atoms with Gasteiger partial charge < -0.3 is 30.1 Å². The number of anilines is 2. The first-order chi connectivity index (χ1) is 21.3. The fourth-order valence-corrected chi connectivity index (χ4v) is 7.29. The van der Waals surface area contributed by atoms with Gasteiger partial charge in [0.2, 0.25) is 5.91 Å². The van der Waals surface area contributed by atoms with Crippen molar-refractivity contribution >= 4 is 23.3 Å². The van der Waals surface area contributed by atoms with Crippen LogP contribution in [0.2, 0.25) is 0 Å². The van der Waals surface area contributed by atoms with E-state index in [1.165, 1.54) is 0 Å². The second-order valence-electron chi connectivity index (χ2n) is 13.0. The van der Waals surface area contributed by atoms with Gasteiger partial charge in [-0.25, -0.2) is 4.98 Å². The molecule has 0 aliphatic carbocycles. The number of pyridine rings is 1. The van der Waals surface area contributed by atoms with Crippen LogP contribution in [0.25, 0.3) is 11.1 Å². The number of aromatic nitrogens is 1. The number of hydrogen-bond donors (Lipinski definition) is 2. The lowest BCUT2D eigenvalue weighted by Gasteiger charge is -2.37. The van der Waals surface area contributed by atoms with Crippen LogP contribution in [0.4, 0.5) is 11.5 Å². The van der Waals surface area contributed by atoms with Gasteiger partial charge in [-0.15, -0.1) is 0 Å². The molecule has 5 rings (SSSR count). The van der Waals surface area contributed by atoms with E-state index < -0.39 is 0 Å². The normalized spacial score (nSPS) is 23.3. The molecule has 2 aromatic rings. The van der Waals surface area contributed by atoms with Crippen molar-refractivity contribution in [3.8, 4) is 11.1 Å². The summed E-state index contributed by atoms with van der Waals surface area (Å²) in [4.78, 5) is 38.9. The standard InChI is InChI=1S/C35H52N6O3/c1-6-8-26-19-24(3)38-35(43)31(26)23-37-34(42)30-20-28(21-32(25(30)4)41(7-2)29-11-17-44-18-12-29)27-9-10-33(36-22-27)40-15-13-39(5)14-16-40/h9-10,20-22,24,26,29,31H,6-8,11-19,23H2,1-5H3,(H,37,42)(H,38,43). The molecule has 3 saturated heterocycles. The minimum Gasteiger partial charge on any atom is -0.381 e. The molecule has 44 heavy (non-hydrogen) atoms. The predicted octanol–water partition coefficient (Wildman–Crippen LogP) is 4.48. The number of hydrogen-bond acceptors (Lipinski definition) is 7. The monoisotopic (exact) mass is 604 g/mol. The number of likely N-dealkylation sites (N-methyl/N-ethyl adjacent to an activating group) is 1. The lowest BCUT2D eigenvalue weighted by atomic mass is 9.80. The number of carbonyl (C=O) groups excluding carboxylic acids is 2. The number of benzene rings is 1. The van der Waals surface area contributed by atoms with Crippen molar-refractivity contribution in [2.24, 2.45) is 11.8 Å². The minimum absolute atomic E-state index is 0.0526. The molecule has 3 aliphatic rings. The van der Waals surface area contributed by atoms with Gasteiger partial charge in [-0.3, -0.25) is 9.59 Å². The van der Waals surface area contributed by atoms with Crippen LogP contribution in [0.5, 0.6) is 0 Å². The number of piperidine rings is 1. The molecule has 0 radical (unpaired) electrons. The van der Waals surface area contributed by atoms with Gasteiger partial charge in [0, 0.05) is 87.6 Å². The van der Waals surface area contributed by atoms with Gasteiger partial charge in [0.05, 0.1) is 5.92 Å². The Labute approximate surface area is 263 Å². The molecule has 3 aliphatic heterocycles. The second-order valence-corrected chi connectivity index (χ2v) is 13.0. The zero-order valence-corrected chi connectivity index (χ0v) is 27.4. The Morgan fingerprint density at radius 3 is 2.52 bits per heavy atom. The maximum atomic E-state index is 13.9. The van der Waals surface area contributed by atoms with E-state index in [1.54, 1.807) is 0 Å². The quantitative estimate of drug-likeness (QED) is 0.413. The molecule has 3 fully saturated rings. The van der Waals surface area contributed by atoms with Crippen molar-refractivity contribution in [3.63, 3.8) is 0 Å². The third kappa shape index (κ3) is 7.37. The van der Waals surface area contributed by atoms with Crippen LogP contribution in [0.15, 0.2) is 30.5 Å². The van der Waals surface area contributed by atoms with Crippen molar-refractivity contribution in [1.29, 1.82) is 0 Å². The highest BCUT2D eigenvalue weighted by Crippen LogP contribution is 2.34. The highest BCUT2D eigenvalue weighted by Gasteiger charge is 2.35. The highest BCUT2D eigenvalue weighted by atomic mass is 16.5. The summed E-state index contributed by atoms with van der Waals surface area (Å²) >= 11 is 0. The summed E-state index contributed by atoms with van der Waals surface area (Å²) in [5.41, 5.74) is 4.67. The second kappa shape index (κ2) is 14.7. The molecule has 2 amide bonds. The highest BCUT2D eigenvalue weighted by molar-refractivity contribution is 5.99. The number of piperazine rings is 1. The third-order valence-electron chi connectivity index (χ3n) is 9.91. The Hall–Kier alpha value is -3.17. The topological polar surface area (TPSA) is 90.0 Å². The van der Waals surface area contributed by atoms with E-state index in [-0.39, 0.29) is 29.7 Å². The number of rotatable bonds is 10. The summed E-state index contributed by atoms with van der Waals surface area (Å²) in [6.45, 7) is 15.2. The largest absolute Gasteiger partial charge is 0.381 e. The van der Waals surface area contributed by atoms with Gasteiger partial charge in [-0.1, -0.05) is 13.3 Å². The van der Waals surface area contributed by atoms with E-state index in [0.717, 1.165) is 106 Å². The molecular formula is C35H52N6O3. The zero-order chi connectivity index (χ0) is 31.2. The fourth-order valence-electron chi connectivity index (χ4n) is 7.29. The van der Waals surface area contributed by atoms with E-state index in [2.05, 4.69) is 78.3 Å². The Balaban J connectivity index is 1.44. The van der Waals surface area contributed by atoms with Crippen LogP contribution in [0.1, 0.15) is 68.8 Å². The summed E-state index contributed by atoms with van der Waals surface area (Å²) in [5.74, 6) is 0.986. The average molecular weight is 605 g/mol. The van der Waals surface area contributed by atoms with Gasteiger partial charge in [0.15, 0.2) is 0 Å². The summed E-state index contributed by atoms with van der Waals surface area (Å²) in [5, 5.41) is 6.28. The van der Waals surface area contributed by atoms with Crippen molar-refractivity contribution < 1.29 is 14.3 Å². The molecule has 4 heterocycles. The SMILES string of the molecule is CCCC1CC(C)NC(=O)C1CNC(=O)c1cc(-c2ccc(N3CCN(C)CC3)nc2)cc(N(CC)C2CCOCC2)c1C. The Kier molecular flexibility index (Phi) is 10.8. The molecule has 9 heteroatoms. The molecular weight excluding hydrogens is 552 g/mol. The molecule has 3 unspecified atom stereocenters. The van der Waals surface area contributed by atoms with Gasteiger partial charge in [-0.05, 0) is 94.8 Å². The zero-order valence-electron chi connectivity index (χ0n) is 27.4. The van der Waals surface area contributed by atoms with Crippen LogP contribution >= 0.6 is 0 Å². The lowest BCUT2D eigenvalue weighted by Crippen LogP contribution is -2.51. The van der Waals surface area contributed by atoms with E-state index in [1.807, 2.05) is 12.3 Å². The molecule has 240 valence electrons. The smallest absolute Gasteiger partial charge is 0.251 e. The molecule has 1 aromatic heterocycles. The van der Waals surface area contributed by atoms with Crippen LogP contribution < -0.4 is 20.4 Å². The van der Waals surface area contributed by atoms with Crippen molar-refractivity contribution in [2.45, 2.75) is 71.9 Å². The maximum absolute atomic E-state index is 13.9. The van der Waals surface area contributed by atoms with Crippen molar-refractivity contribution in [3.05, 3.63) is 41.6 Å². The first kappa shape index (κ1) is 32.2. The van der Waals surface area contributed by atoms with Gasteiger partial charge >= 0.3 is 0 Å². The Bertz CT molecular complexity index is 1270. The van der Waals surface area contributed by atoms with E-state index in [4.69, 9.17) is 9.72 Å². The molecule has 1 aromatic carbocycles. The van der Waals surface area contributed by atoms with Crippen LogP contribution in [0, 0.1) is 18.8 Å². The van der Waals surface area contributed by atoms with Crippen LogP contribution in [-0.4, -0.2) is 93.3 Å². The average Bonchev–Trinajstić information content (AvgIpc) is 3.03. The summed E-state index contributed by atoms with van der Waals surface area (Å²) in [6, 6.07) is 9.00. The number of nitrogens with one attached hydrogen (secondary N) is 2. The molecule has 0 saturated carbocycles. The van der Waals surface area contributed by atoms with Crippen molar-refractivity contribution in [2.75, 3.05) is 69.3 Å². The number of carbonyl (C=O) groups is 2. The first-order valence-corrected chi connectivity index (χ1v) is 16.8. The minimum atomic E-state index is -0.209. The predicted molar refractivity (Wildman–Crippen MR) is 177 cm³/mol. The Morgan fingerprint density at radius 2 is 1.86 bits per heavy atom. The van der Waals surface area contributed by atoms with Gasteiger partial charge in [0.25, 0.3) is 5.91 Å².